The molecule has 0 spiro atoms. The van der Waals surface area contributed by atoms with Crippen LogP contribution < -0.4 is 4.90 Å². The summed E-state index contributed by atoms with van der Waals surface area (Å²) < 4.78 is 0. The van der Waals surface area contributed by atoms with Crippen LogP contribution in [0.1, 0.15) is 24.8 Å². The minimum Gasteiger partial charge on any atom is -0.342 e. The maximum absolute atomic E-state index is 13.1. The quantitative estimate of drug-likeness (QED) is 0.727. The van der Waals surface area contributed by atoms with E-state index in [0.29, 0.717) is 18.3 Å². The topological polar surface area (TPSA) is 69.3 Å². The summed E-state index contributed by atoms with van der Waals surface area (Å²) in [5.74, 6) is 1.06. The minimum absolute atomic E-state index is 0.0235. The van der Waals surface area contributed by atoms with Crippen LogP contribution in [0.2, 0.25) is 0 Å². The third kappa shape index (κ3) is 3.58. The molecule has 0 aliphatic carbocycles. The molecule has 1 unspecified atom stereocenters. The number of para-hydroxylation sites is 1. The van der Waals surface area contributed by atoms with Gasteiger partial charge < -0.3 is 4.90 Å². The molecule has 1 N–H and O–H groups in total. The van der Waals surface area contributed by atoms with Gasteiger partial charge in [0.1, 0.15) is 0 Å². The fourth-order valence-electron chi connectivity index (χ4n) is 4.80. The number of hydrogen-bond acceptors (Lipinski definition) is 3. The van der Waals surface area contributed by atoms with Crippen molar-refractivity contribution in [1.82, 2.24) is 15.1 Å². The Morgan fingerprint density at radius 3 is 2.57 bits per heavy atom. The smallest absolute Gasteiger partial charge is 0.229 e. The van der Waals surface area contributed by atoms with Gasteiger partial charge >= 0.3 is 0 Å². The Labute approximate surface area is 175 Å². The highest BCUT2D eigenvalue weighted by atomic mass is 16.2. The summed E-state index contributed by atoms with van der Waals surface area (Å²) in [5, 5.41) is 8.23. The lowest BCUT2D eigenvalue weighted by Gasteiger charge is -2.33. The maximum atomic E-state index is 13.1. The molecule has 2 saturated heterocycles. The molecule has 3 heterocycles. The van der Waals surface area contributed by atoms with Gasteiger partial charge in [0.05, 0.1) is 11.4 Å². The second kappa shape index (κ2) is 7.94. The lowest BCUT2D eigenvalue weighted by Crippen LogP contribution is -2.42. The van der Waals surface area contributed by atoms with E-state index in [9.17, 15) is 9.59 Å². The number of fused-ring (bicyclic) bond motifs is 1. The Morgan fingerprint density at radius 1 is 1.03 bits per heavy atom. The van der Waals surface area contributed by atoms with Crippen molar-refractivity contribution in [3.63, 3.8) is 0 Å². The van der Waals surface area contributed by atoms with Crippen LogP contribution in [0.5, 0.6) is 0 Å². The number of aromatic amines is 1. The highest BCUT2D eigenvalue weighted by Gasteiger charge is 2.39. The lowest BCUT2D eigenvalue weighted by atomic mass is 9.89. The number of rotatable bonds is 4. The highest BCUT2D eigenvalue weighted by molar-refractivity contribution is 6.05. The second-order valence-electron chi connectivity index (χ2n) is 8.46. The SMILES string of the molecule is O=C(C1CC(=O)N(c2n[nH]c3ccccc23)C1)N1CCC(Cc2ccccc2)CC1. The van der Waals surface area contributed by atoms with E-state index in [1.165, 1.54) is 5.56 Å². The van der Waals surface area contributed by atoms with Crippen molar-refractivity contribution in [2.75, 3.05) is 24.5 Å². The summed E-state index contributed by atoms with van der Waals surface area (Å²) in [5.41, 5.74) is 2.26. The number of carbonyl (C=O) groups is 2. The van der Waals surface area contributed by atoms with Gasteiger partial charge in [0.2, 0.25) is 11.8 Å². The number of aromatic nitrogens is 2. The Kier molecular flexibility index (Phi) is 4.99. The first-order valence-corrected chi connectivity index (χ1v) is 10.8. The first-order chi connectivity index (χ1) is 14.7. The van der Waals surface area contributed by atoms with Crippen molar-refractivity contribution in [1.29, 1.82) is 0 Å². The van der Waals surface area contributed by atoms with Crippen molar-refractivity contribution in [2.24, 2.45) is 11.8 Å². The van der Waals surface area contributed by atoms with E-state index in [2.05, 4.69) is 34.5 Å². The predicted octanol–water partition coefficient (Wildman–Crippen LogP) is 3.40. The molecule has 2 amide bonds. The summed E-state index contributed by atoms with van der Waals surface area (Å²) in [4.78, 5) is 29.4. The Morgan fingerprint density at radius 2 is 1.77 bits per heavy atom. The van der Waals surface area contributed by atoms with E-state index in [0.717, 1.165) is 43.3 Å². The van der Waals surface area contributed by atoms with Crippen LogP contribution in [-0.4, -0.2) is 46.5 Å². The molecule has 0 radical (unpaired) electrons. The number of likely N-dealkylation sites (tertiary alicyclic amines) is 1. The fraction of sp³-hybridized carbons (Fsp3) is 0.375. The Hall–Kier alpha value is -3.15. The molecule has 2 fully saturated rings. The van der Waals surface area contributed by atoms with Crippen LogP contribution in [0.3, 0.4) is 0 Å². The zero-order chi connectivity index (χ0) is 20.5. The lowest BCUT2D eigenvalue weighted by molar-refractivity contribution is -0.137. The number of nitrogens with one attached hydrogen (secondary N) is 1. The predicted molar refractivity (Wildman–Crippen MR) is 116 cm³/mol. The molecule has 2 aliphatic heterocycles. The summed E-state index contributed by atoms with van der Waals surface area (Å²) in [6.07, 6.45) is 3.39. The molecule has 1 aromatic heterocycles. The molecule has 154 valence electrons. The van der Waals surface area contributed by atoms with E-state index in [1.54, 1.807) is 4.90 Å². The standard InChI is InChI=1S/C24H26N4O2/c29-22-15-19(16-28(22)23-20-8-4-5-9-21(20)25-26-23)24(30)27-12-10-18(11-13-27)14-17-6-2-1-3-7-17/h1-9,18-19H,10-16H2,(H,25,26). The van der Waals surface area contributed by atoms with E-state index in [4.69, 9.17) is 0 Å². The van der Waals surface area contributed by atoms with Gasteiger partial charge in [-0.05, 0) is 42.9 Å². The molecule has 2 aliphatic rings. The number of anilines is 1. The molecule has 1 atom stereocenters. The number of hydrogen-bond donors (Lipinski definition) is 1. The molecule has 0 bridgehead atoms. The van der Waals surface area contributed by atoms with Crippen molar-refractivity contribution in [3.8, 4) is 0 Å². The third-order valence-electron chi connectivity index (χ3n) is 6.47. The molecule has 30 heavy (non-hydrogen) atoms. The van der Waals surface area contributed by atoms with E-state index < -0.39 is 0 Å². The summed E-state index contributed by atoms with van der Waals surface area (Å²) in [6, 6.07) is 18.3. The first-order valence-electron chi connectivity index (χ1n) is 10.8. The van der Waals surface area contributed by atoms with E-state index in [-0.39, 0.29) is 24.2 Å². The molecular weight excluding hydrogens is 376 g/mol. The van der Waals surface area contributed by atoms with Gasteiger partial charge in [-0.15, -0.1) is 0 Å². The van der Waals surface area contributed by atoms with Crippen molar-refractivity contribution >= 4 is 28.5 Å². The summed E-state index contributed by atoms with van der Waals surface area (Å²) in [6.45, 7) is 1.98. The van der Waals surface area contributed by atoms with Crippen LogP contribution in [0.4, 0.5) is 5.82 Å². The number of benzene rings is 2. The zero-order valence-corrected chi connectivity index (χ0v) is 17.0. The largest absolute Gasteiger partial charge is 0.342 e. The maximum Gasteiger partial charge on any atom is 0.229 e. The van der Waals surface area contributed by atoms with Crippen LogP contribution in [0, 0.1) is 11.8 Å². The van der Waals surface area contributed by atoms with Crippen molar-refractivity contribution < 1.29 is 9.59 Å². The minimum atomic E-state index is -0.279. The van der Waals surface area contributed by atoms with Gasteiger partial charge in [0, 0.05) is 31.4 Å². The first kappa shape index (κ1) is 18.9. The van der Waals surface area contributed by atoms with Gasteiger partial charge in [0.25, 0.3) is 0 Å². The van der Waals surface area contributed by atoms with Gasteiger partial charge in [0.15, 0.2) is 5.82 Å². The van der Waals surface area contributed by atoms with Crippen LogP contribution in [0.15, 0.2) is 54.6 Å². The molecular formula is C24H26N4O2. The third-order valence-corrected chi connectivity index (χ3v) is 6.47. The zero-order valence-electron chi connectivity index (χ0n) is 17.0. The van der Waals surface area contributed by atoms with Crippen LogP contribution in [0.25, 0.3) is 10.9 Å². The molecule has 2 aromatic carbocycles. The number of piperidine rings is 1. The fourth-order valence-corrected chi connectivity index (χ4v) is 4.80. The number of nitrogens with zero attached hydrogens (tertiary/aromatic N) is 3. The number of carbonyl (C=O) groups excluding carboxylic acids is 2. The van der Waals surface area contributed by atoms with Gasteiger partial charge in [-0.25, -0.2) is 0 Å². The monoisotopic (exact) mass is 402 g/mol. The van der Waals surface area contributed by atoms with Gasteiger partial charge in [-0.3, -0.25) is 19.6 Å². The number of amides is 2. The Bertz CT molecular complexity index is 1050. The average Bonchev–Trinajstić information content (AvgIpc) is 3.38. The average molecular weight is 402 g/mol. The van der Waals surface area contributed by atoms with Crippen molar-refractivity contribution in [3.05, 3.63) is 60.2 Å². The molecule has 5 rings (SSSR count). The van der Waals surface area contributed by atoms with Gasteiger partial charge in [-0.1, -0.05) is 42.5 Å². The molecule has 0 saturated carbocycles. The van der Waals surface area contributed by atoms with E-state index >= 15 is 0 Å². The Balaban J connectivity index is 1.21. The molecule has 3 aromatic rings. The molecule has 6 nitrogen and oxygen atoms in total. The van der Waals surface area contributed by atoms with Gasteiger partial charge in [-0.2, -0.15) is 5.10 Å². The summed E-state index contributed by atoms with van der Waals surface area (Å²) >= 11 is 0. The molecule has 6 heteroatoms. The van der Waals surface area contributed by atoms with Crippen molar-refractivity contribution in [2.45, 2.75) is 25.7 Å². The van der Waals surface area contributed by atoms with Crippen LogP contribution >= 0.6 is 0 Å². The van der Waals surface area contributed by atoms with Crippen LogP contribution in [-0.2, 0) is 16.0 Å². The number of H-pyrrole nitrogens is 1. The highest BCUT2D eigenvalue weighted by Crippen LogP contribution is 2.31. The summed E-state index contributed by atoms with van der Waals surface area (Å²) in [7, 11) is 0. The normalized spacial score (nSPS) is 20.3. The van der Waals surface area contributed by atoms with E-state index in [1.807, 2.05) is 35.2 Å². The second-order valence-corrected chi connectivity index (χ2v) is 8.46.